The van der Waals surface area contributed by atoms with Crippen LogP contribution in [0.3, 0.4) is 0 Å². The van der Waals surface area contributed by atoms with Crippen molar-refractivity contribution in [3.63, 3.8) is 0 Å². The molecule has 0 saturated carbocycles. The molecule has 0 aliphatic carbocycles. The maximum atomic E-state index is 7.34. The van der Waals surface area contributed by atoms with E-state index in [0.717, 1.165) is 26.3 Å². The van der Waals surface area contributed by atoms with Crippen LogP contribution in [-0.4, -0.2) is 44.1 Å². The smallest absolute Gasteiger partial charge is 0.0947 e. The Bertz CT molecular complexity index is 202. The van der Waals surface area contributed by atoms with Crippen molar-refractivity contribution in [2.45, 2.75) is 19.8 Å². The second-order valence-electron chi connectivity index (χ2n) is 4.66. The maximum absolute atomic E-state index is 7.34. The predicted octanol–water partition coefficient (Wildman–Crippen LogP) is 0.917. The van der Waals surface area contributed by atoms with Crippen LogP contribution in [0.15, 0.2) is 0 Å². The van der Waals surface area contributed by atoms with Gasteiger partial charge in [-0.25, -0.2) is 0 Å². The molecule has 4 nitrogen and oxygen atoms in total. The first-order chi connectivity index (χ1) is 7.09. The summed E-state index contributed by atoms with van der Waals surface area (Å²) in [5.41, 5.74) is 5.45. The molecule has 0 radical (unpaired) electrons. The largest absolute Gasteiger partial charge is 0.387 e. The van der Waals surface area contributed by atoms with Gasteiger partial charge in [-0.1, -0.05) is 6.92 Å². The number of hydrogen-bond donors (Lipinski definition) is 2. The number of ether oxygens (including phenoxy) is 1. The summed E-state index contributed by atoms with van der Waals surface area (Å²) < 4.78 is 5.44. The Morgan fingerprint density at radius 1 is 1.67 bits per heavy atom. The SMILES string of the molecule is CC(CN(C)CC1CCCOC1)C(=N)N. The number of amidine groups is 1. The van der Waals surface area contributed by atoms with Crippen LogP contribution < -0.4 is 5.73 Å². The number of rotatable bonds is 5. The highest BCUT2D eigenvalue weighted by atomic mass is 16.5. The lowest BCUT2D eigenvalue weighted by molar-refractivity contribution is 0.0414. The molecular weight excluding hydrogens is 190 g/mol. The molecule has 4 heteroatoms. The van der Waals surface area contributed by atoms with E-state index in [9.17, 15) is 0 Å². The Morgan fingerprint density at radius 3 is 2.93 bits per heavy atom. The Kier molecular flexibility index (Phi) is 5.05. The minimum atomic E-state index is 0.152. The second-order valence-corrected chi connectivity index (χ2v) is 4.66. The Balaban J connectivity index is 2.22. The monoisotopic (exact) mass is 213 g/mol. The first kappa shape index (κ1) is 12.5. The molecule has 0 amide bonds. The summed E-state index contributed by atoms with van der Waals surface area (Å²) in [4.78, 5) is 2.26. The summed E-state index contributed by atoms with van der Waals surface area (Å²) in [5.74, 6) is 1.09. The van der Waals surface area contributed by atoms with Crippen LogP contribution in [0.4, 0.5) is 0 Å². The van der Waals surface area contributed by atoms with Crippen molar-refractivity contribution in [1.29, 1.82) is 5.41 Å². The zero-order valence-corrected chi connectivity index (χ0v) is 9.83. The molecule has 3 N–H and O–H groups in total. The van der Waals surface area contributed by atoms with Crippen LogP contribution >= 0.6 is 0 Å². The van der Waals surface area contributed by atoms with E-state index in [1.165, 1.54) is 12.8 Å². The molecule has 1 saturated heterocycles. The Hall–Kier alpha value is -0.610. The third kappa shape index (κ3) is 4.62. The minimum Gasteiger partial charge on any atom is -0.387 e. The van der Waals surface area contributed by atoms with Gasteiger partial charge in [-0.15, -0.1) is 0 Å². The van der Waals surface area contributed by atoms with Crippen molar-refractivity contribution in [2.24, 2.45) is 17.6 Å². The van der Waals surface area contributed by atoms with E-state index in [1.807, 2.05) is 6.92 Å². The summed E-state index contributed by atoms with van der Waals surface area (Å²) in [5, 5.41) is 7.34. The molecular formula is C11H23N3O. The fraction of sp³-hybridized carbons (Fsp3) is 0.909. The highest BCUT2D eigenvalue weighted by Gasteiger charge is 2.17. The average molecular weight is 213 g/mol. The van der Waals surface area contributed by atoms with Gasteiger partial charge in [0.2, 0.25) is 0 Å². The van der Waals surface area contributed by atoms with Gasteiger partial charge in [-0.2, -0.15) is 0 Å². The van der Waals surface area contributed by atoms with Crippen molar-refractivity contribution < 1.29 is 4.74 Å². The summed E-state index contributed by atoms with van der Waals surface area (Å²) in [7, 11) is 2.09. The predicted molar refractivity (Wildman–Crippen MR) is 62.1 cm³/mol. The lowest BCUT2D eigenvalue weighted by Gasteiger charge is -2.28. The van der Waals surface area contributed by atoms with Gasteiger partial charge in [0.15, 0.2) is 0 Å². The number of nitrogens with zero attached hydrogens (tertiary/aromatic N) is 1. The van der Waals surface area contributed by atoms with E-state index in [4.69, 9.17) is 15.9 Å². The summed E-state index contributed by atoms with van der Waals surface area (Å²) in [6.07, 6.45) is 2.44. The molecule has 15 heavy (non-hydrogen) atoms. The van der Waals surface area contributed by atoms with Crippen LogP contribution in [-0.2, 0) is 4.74 Å². The lowest BCUT2D eigenvalue weighted by atomic mass is 10.0. The summed E-state index contributed by atoms with van der Waals surface area (Å²) >= 11 is 0. The van der Waals surface area contributed by atoms with E-state index in [2.05, 4.69) is 11.9 Å². The number of hydrogen-bond acceptors (Lipinski definition) is 3. The van der Waals surface area contributed by atoms with Crippen molar-refractivity contribution in [3.8, 4) is 0 Å². The topological polar surface area (TPSA) is 62.3 Å². The molecule has 0 aromatic heterocycles. The van der Waals surface area contributed by atoms with Gasteiger partial charge < -0.3 is 15.4 Å². The average Bonchev–Trinajstić information content (AvgIpc) is 2.18. The van der Waals surface area contributed by atoms with E-state index in [-0.39, 0.29) is 11.8 Å². The zero-order valence-electron chi connectivity index (χ0n) is 9.83. The van der Waals surface area contributed by atoms with Crippen LogP contribution in [0, 0.1) is 17.2 Å². The molecule has 0 bridgehead atoms. The molecule has 0 spiro atoms. The third-order valence-corrected chi connectivity index (χ3v) is 2.94. The lowest BCUT2D eigenvalue weighted by Crippen LogP contribution is -2.36. The van der Waals surface area contributed by atoms with Crippen LogP contribution in [0.2, 0.25) is 0 Å². The van der Waals surface area contributed by atoms with E-state index < -0.39 is 0 Å². The van der Waals surface area contributed by atoms with Crippen LogP contribution in [0.25, 0.3) is 0 Å². The Morgan fingerprint density at radius 2 is 2.40 bits per heavy atom. The highest BCUT2D eigenvalue weighted by Crippen LogP contribution is 2.14. The van der Waals surface area contributed by atoms with Gasteiger partial charge in [-0.3, -0.25) is 5.41 Å². The van der Waals surface area contributed by atoms with Crippen molar-refractivity contribution in [1.82, 2.24) is 4.90 Å². The standard InChI is InChI=1S/C11H23N3O/c1-9(11(12)13)6-14(2)7-10-4-3-5-15-8-10/h9-10H,3-8H2,1-2H3,(H3,12,13). The first-order valence-corrected chi connectivity index (χ1v) is 5.69. The molecule has 1 rings (SSSR count). The Labute approximate surface area is 92.3 Å². The minimum absolute atomic E-state index is 0.152. The quantitative estimate of drug-likeness (QED) is 0.527. The highest BCUT2D eigenvalue weighted by molar-refractivity contribution is 5.79. The van der Waals surface area contributed by atoms with Crippen molar-refractivity contribution >= 4 is 5.84 Å². The molecule has 2 atom stereocenters. The maximum Gasteiger partial charge on any atom is 0.0947 e. The van der Waals surface area contributed by atoms with E-state index >= 15 is 0 Å². The molecule has 1 aliphatic heterocycles. The van der Waals surface area contributed by atoms with Gasteiger partial charge in [0, 0.05) is 25.6 Å². The van der Waals surface area contributed by atoms with Gasteiger partial charge in [0.1, 0.15) is 0 Å². The van der Waals surface area contributed by atoms with Gasteiger partial charge in [0.25, 0.3) is 0 Å². The summed E-state index contributed by atoms with van der Waals surface area (Å²) in [6.45, 7) is 5.72. The third-order valence-electron chi connectivity index (χ3n) is 2.94. The van der Waals surface area contributed by atoms with E-state index in [1.54, 1.807) is 0 Å². The molecule has 1 aliphatic rings. The molecule has 0 aromatic carbocycles. The number of nitrogens with one attached hydrogen (secondary N) is 1. The zero-order chi connectivity index (χ0) is 11.3. The fourth-order valence-electron chi connectivity index (χ4n) is 2.03. The molecule has 2 unspecified atom stereocenters. The van der Waals surface area contributed by atoms with E-state index in [0.29, 0.717) is 5.92 Å². The number of nitrogens with two attached hydrogens (primary N) is 1. The normalized spacial score (nSPS) is 24.1. The molecule has 88 valence electrons. The molecule has 1 heterocycles. The fourth-order valence-corrected chi connectivity index (χ4v) is 2.03. The van der Waals surface area contributed by atoms with Gasteiger partial charge >= 0.3 is 0 Å². The summed E-state index contributed by atoms with van der Waals surface area (Å²) in [6, 6.07) is 0. The molecule has 1 fully saturated rings. The first-order valence-electron chi connectivity index (χ1n) is 5.69. The second kappa shape index (κ2) is 6.08. The van der Waals surface area contributed by atoms with Crippen molar-refractivity contribution in [2.75, 3.05) is 33.4 Å². The molecule has 0 aromatic rings. The van der Waals surface area contributed by atoms with Gasteiger partial charge in [0.05, 0.1) is 12.4 Å². The van der Waals surface area contributed by atoms with Crippen LogP contribution in [0.5, 0.6) is 0 Å². The van der Waals surface area contributed by atoms with Crippen molar-refractivity contribution in [3.05, 3.63) is 0 Å². The van der Waals surface area contributed by atoms with Gasteiger partial charge in [-0.05, 0) is 25.8 Å². The van der Waals surface area contributed by atoms with Crippen LogP contribution in [0.1, 0.15) is 19.8 Å².